The summed E-state index contributed by atoms with van der Waals surface area (Å²) in [6.07, 6.45) is -5.08. The Balaban J connectivity index is 0.000000486. The molecule has 0 aromatic rings. The van der Waals surface area contributed by atoms with Crippen molar-refractivity contribution in [2.24, 2.45) is 0 Å². The maximum atomic E-state index is 11.8. The first kappa shape index (κ1) is 19.4. The number of morpholine rings is 1. The summed E-state index contributed by atoms with van der Waals surface area (Å²) in [5.74, 6) is -2.76. The third-order valence-corrected chi connectivity index (χ3v) is 2.55. The van der Waals surface area contributed by atoms with Crippen LogP contribution in [-0.4, -0.2) is 86.6 Å². The van der Waals surface area contributed by atoms with Crippen LogP contribution in [0.2, 0.25) is 0 Å². The number of hydrogen-bond donors (Lipinski definition) is 2. The average molecular weight is 315 g/mol. The normalized spacial score (nSPS) is 15.0. The van der Waals surface area contributed by atoms with Crippen molar-refractivity contribution in [2.45, 2.75) is 6.18 Å². The lowest BCUT2D eigenvalue weighted by Gasteiger charge is -2.30. The highest BCUT2D eigenvalue weighted by molar-refractivity contribution is 5.74. The summed E-state index contributed by atoms with van der Waals surface area (Å²) in [4.78, 5) is 24.2. The Hall–Kier alpha value is -1.55. The van der Waals surface area contributed by atoms with Crippen LogP contribution in [0.5, 0.6) is 0 Å². The highest BCUT2D eigenvalue weighted by Gasteiger charge is 2.38. The second-order valence-corrected chi connectivity index (χ2v) is 4.21. The van der Waals surface area contributed by atoms with Gasteiger partial charge in [-0.3, -0.25) is 0 Å². The Kier molecular flexibility index (Phi) is 8.70. The van der Waals surface area contributed by atoms with Gasteiger partial charge in [-0.2, -0.15) is 13.2 Å². The number of ether oxygens (including phenoxy) is 1. The average Bonchev–Trinajstić information content (AvgIpc) is 2.44. The Morgan fingerprint density at radius 1 is 1.33 bits per heavy atom. The summed E-state index contributed by atoms with van der Waals surface area (Å²) in [6, 6.07) is 0.101. The topological polar surface area (TPSA) is 82.1 Å². The number of hydrogen-bond acceptors (Lipinski definition) is 4. The van der Waals surface area contributed by atoms with Gasteiger partial charge in [0.2, 0.25) is 0 Å². The second kappa shape index (κ2) is 9.40. The van der Waals surface area contributed by atoms with Crippen molar-refractivity contribution < 1.29 is 32.6 Å². The SMILES string of the molecule is CNCCN(C)C(=O)N1CCOCC1.O=C(O)C(F)(F)F. The molecule has 0 aliphatic carbocycles. The summed E-state index contributed by atoms with van der Waals surface area (Å²) >= 11 is 0. The molecule has 0 radical (unpaired) electrons. The number of likely N-dealkylation sites (N-methyl/N-ethyl adjacent to an activating group) is 2. The van der Waals surface area contributed by atoms with E-state index >= 15 is 0 Å². The van der Waals surface area contributed by atoms with Crippen LogP contribution < -0.4 is 5.32 Å². The van der Waals surface area contributed by atoms with E-state index in [1.165, 1.54) is 0 Å². The summed E-state index contributed by atoms with van der Waals surface area (Å²) in [5, 5.41) is 10.1. The number of carboxylic acids is 1. The van der Waals surface area contributed by atoms with Gasteiger partial charge in [-0.15, -0.1) is 0 Å². The van der Waals surface area contributed by atoms with Crippen LogP contribution in [-0.2, 0) is 9.53 Å². The molecule has 1 rings (SSSR count). The van der Waals surface area contributed by atoms with E-state index in [-0.39, 0.29) is 6.03 Å². The third-order valence-electron chi connectivity index (χ3n) is 2.55. The van der Waals surface area contributed by atoms with Crippen LogP contribution in [0.3, 0.4) is 0 Å². The molecule has 1 fully saturated rings. The fraction of sp³-hybridized carbons (Fsp3) is 0.818. The molecule has 21 heavy (non-hydrogen) atoms. The fourth-order valence-electron chi connectivity index (χ4n) is 1.37. The number of amides is 2. The summed E-state index contributed by atoms with van der Waals surface area (Å²) < 4.78 is 36.9. The number of nitrogens with zero attached hydrogens (tertiary/aromatic N) is 2. The van der Waals surface area contributed by atoms with E-state index in [1.54, 1.807) is 4.90 Å². The van der Waals surface area contributed by atoms with Crippen LogP contribution in [0.1, 0.15) is 0 Å². The van der Waals surface area contributed by atoms with E-state index in [2.05, 4.69) is 5.32 Å². The van der Waals surface area contributed by atoms with Gasteiger partial charge < -0.3 is 25.0 Å². The minimum absolute atomic E-state index is 0.101. The van der Waals surface area contributed by atoms with Gasteiger partial charge in [0, 0.05) is 33.2 Å². The lowest BCUT2D eigenvalue weighted by Crippen LogP contribution is -2.48. The summed E-state index contributed by atoms with van der Waals surface area (Å²) in [6.45, 7) is 4.31. The van der Waals surface area contributed by atoms with Crippen molar-refractivity contribution >= 4 is 12.0 Å². The van der Waals surface area contributed by atoms with E-state index in [1.807, 2.05) is 19.0 Å². The van der Waals surface area contributed by atoms with Gasteiger partial charge in [0.1, 0.15) is 0 Å². The van der Waals surface area contributed by atoms with Crippen molar-refractivity contribution in [1.82, 2.24) is 15.1 Å². The number of aliphatic carboxylic acids is 1. The molecule has 7 nitrogen and oxygen atoms in total. The molecule has 1 saturated heterocycles. The van der Waals surface area contributed by atoms with E-state index in [9.17, 15) is 18.0 Å². The van der Waals surface area contributed by atoms with Gasteiger partial charge in [0.05, 0.1) is 13.2 Å². The predicted octanol–water partition coefficient (Wildman–Crippen LogP) is 0.223. The summed E-state index contributed by atoms with van der Waals surface area (Å²) in [5.41, 5.74) is 0. The lowest BCUT2D eigenvalue weighted by molar-refractivity contribution is -0.192. The van der Waals surface area contributed by atoms with Gasteiger partial charge in [0.25, 0.3) is 0 Å². The number of carbonyl (C=O) groups excluding carboxylic acids is 1. The zero-order valence-electron chi connectivity index (χ0n) is 11.9. The van der Waals surface area contributed by atoms with Gasteiger partial charge >= 0.3 is 18.2 Å². The minimum Gasteiger partial charge on any atom is -0.475 e. The van der Waals surface area contributed by atoms with E-state index in [0.717, 1.165) is 13.1 Å². The quantitative estimate of drug-likeness (QED) is 0.779. The van der Waals surface area contributed by atoms with E-state index < -0.39 is 12.1 Å². The van der Waals surface area contributed by atoms with Crippen LogP contribution >= 0.6 is 0 Å². The first-order valence-corrected chi connectivity index (χ1v) is 6.22. The molecule has 2 amide bonds. The Bertz CT molecular complexity index is 333. The number of nitrogens with one attached hydrogen (secondary N) is 1. The zero-order valence-corrected chi connectivity index (χ0v) is 11.9. The minimum atomic E-state index is -5.08. The van der Waals surface area contributed by atoms with Crippen molar-refractivity contribution in [2.75, 3.05) is 53.5 Å². The molecule has 0 bridgehead atoms. The Morgan fingerprint density at radius 3 is 2.19 bits per heavy atom. The lowest BCUT2D eigenvalue weighted by atomic mass is 10.4. The van der Waals surface area contributed by atoms with Crippen LogP contribution in [0.4, 0.5) is 18.0 Å². The first-order chi connectivity index (χ1) is 9.70. The molecule has 1 aliphatic heterocycles. The molecule has 124 valence electrons. The molecule has 1 heterocycles. The molecule has 10 heteroatoms. The molecular weight excluding hydrogens is 295 g/mol. The molecule has 1 aliphatic rings. The molecular formula is C11H20F3N3O4. The number of alkyl halides is 3. The molecule has 0 atom stereocenters. The predicted molar refractivity (Wildman–Crippen MR) is 68.0 cm³/mol. The number of carbonyl (C=O) groups is 2. The zero-order chi connectivity index (χ0) is 16.5. The van der Waals surface area contributed by atoms with Crippen LogP contribution in [0.25, 0.3) is 0 Å². The molecule has 0 aromatic carbocycles. The van der Waals surface area contributed by atoms with Crippen LogP contribution in [0, 0.1) is 0 Å². The number of urea groups is 1. The maximum Gasteiger partial charge on any atom is 0.490 e. The Labute approximate surface area is 120 Å². The smallest absolute Gasteiger partial charge is 0.475 e. The van der Waals surface area contributed by atoms with Crippen molar-refractivity contribution in [3.63, 3.8) is 0 Å². The van der Waals surface area contributed by atoms with E-state index in [4.69, 9.17) is 14.6 Å². The first-order valence-electron chi connectivity index (χ1n) is 6.22. The van der Waals surface area contributed by atoms with Crippen molar-refractivity contribution in [3.05, 3.63) is 0 Å². The van der Waals surface area contributed by atoms with Gasteiger partial charge in [0.15, 0.2) is 0 Å². The number of rotatable bonds is 3. The molecule has 0 spiro atoms. The largest absolute Gasteiger partial charge is 0.490 e. The highest BCUT2D eigenvalue weighted by atomic mass is 19.4. The number of carboxylic acid groups (broad SMARTS) is 1. The molecule has 0 saturated carbocycles. The molecule has 0 aromatic heterocycles. The highest BCUT2D eigenvalue weighted by Crippen LogP contribution is 2.13. The molecule has 0 unspecified atom stereocenters. The monoisotopic (exact) mass is 315 g/mol. The van der Waals surface area contributed by atoms with Gasteiger partial charge in [-0.1, -0.05) is 0 Å². The van der Waals surface area contributed by atoms with Gasteiger partial charge in [-0.05, 0) is 7.05 Å². The van der Waals surface area contributed by atoms with Crippen LogP contribution in [0.15, 0.2) is 0 Å². The third kappa shape index (κ3) is 8.35. The maximum absolute atomic E-state index is 11.8. The molecule has 2 N–H and O–H groups in total. The fourth-order valence-corrected chi connectivity index (χ4v) is 1.37. The van der Waals surface area contributed by atoms with E-state index in [0.29, 0.717) is 26.3 Å². The van der Waals surface area contributed by atoms with Crippen molar-refractivity contribution in [1.29, 1.82) is 0 Å². The standard InChI is InChI=1S/C9H19N3O2.C2HF3O2/c1-10-3-4-11(2)9(13)12-5-7-14-8-6-12;3-2(4,5)1(6)7/h10H,3-8H2,1-2H3;(H,6,7). The number of halogens is 3. The summed E-state index contributed by atoms with van der Waals surface area (Å²) in [7, 11) is 3.71. The van der Waals surface area contributed by atoms with Crippen molar-refractivity contribution in [3.8, 4) is 0 Å². The Morgan fingerprint density at radius 2 is 1.81 bits per heavy atom. The second-order valence-electron chi connectivity index (χ2n) is 4.21. The van der Waals surface area contributed by atoms with Gasteiger partial charge in [-0.25, -0.2) is 9.59 Å².